The molecule has 0 heterocycles. The molecule has 0 fully saturated rings. The van der Waals surface area contributed by atoms with Gasteiger partial charge in [-0.3, -0.25) is 4.99 Å². The highest BCUT2D eigenvalue weighted by Crippen LogP contribution is 2.27. The topological polar surface area (TPSA) is 21.6 Å². The summed E-state index contributed by atoms with van der Waals surface area (Å²) in [5.41, 5.74) is 1.97. The maximum absolute atomic E-state index is 5.82. The summed E-state index contributed by atoms with van der Waals surface area (Å²) < 4.78 is 5.82. The van der Waals surface area contributed by atoms with Gasteiger partial charge in [0.1, 0.15) is 11.4 Å². The summed E-state index contributed by atoms with van der Waals surface area (Å²) in [6.45, 7) is 4.23. The normalized spacial score (nSPS) is 11.1. The van der Waals surface area contributed by atoms with Gasteiger partial charge in [0.25, 0.3) is 9.04 Å². The van der Waals surface area contributed by atoms with Crippen LogP contribution in [0.2, 0.25) is 13.1 Å². The van der Waals surface area contributed by atoms with Gasteiger partial charge >= 0.3 is 0 Å². The van der Waals surface area contributed by atoms with Crippen LogP contribution in [0.3, 0.4) is 0 Å². The Labute approximate surface area is 110 Å². The fourth-order valence-corrected chi connectivity index (χ4v) is 2.17. The van der Waals surface area contributed by atoms with Gasteiger partial charge in [0.15, 0.2) is 0 Å². The van der Waals surface area contributed by atoms with Crippen LogP contribution in [0.5, 0.6) is 5.75 Å². The van der Waals surface area contributed by atoms with Crippen LogP contribution in [0.15, 0.2) is 59.6 Å². The minimum absolute atomic E-state index is 0.765. The summed E-state index contributed by atoms with van der Waals surface area (Å²) in [6.07, 6.45) is 1.86. The van der Waals surface area contributed by atoms with E-state index in [0.29, 0.717) is 0 Å². The zero-order valence-corrected chi connectivity index (χ0v) is 11.6. The molecule has 0 atom stereocenters. The number of benzene rings is 2. The molecule has 0 aliphatic carbocycles. The fourth-order valence-electron chi connectivity index (χ4n) is 1.55. The molecule has 0 bridgehead atoms. The van der Waals surface area contributed by atoms with Gasteiger partial charge in [0.2, 0.25) is 0 Å². The van der Waals surface area contributed by atoms with E-state index in [2.05, 4.69) is 18.1 Å². The third-order valence-electron chi connectivity index (χ3n) is 2.33. The molecule has 0 saturated heterocycles. The van der Waals surface area contributed by atoms with Crippen molar-refractivity contribution in [2.24, 2.45) is 4.99 Å². The Balaban J connectivity index is 2.21. The first kappa shape index (κ1) is 12.6. The zero-order chi connectivity index (χ0) is 12.8. The van der Waals surface area contributed by atoms with Gasteiger partial charge in [-0.2, -0.15) is 0 Å². The third-order valence-corrected chi connectivity index (χ3v) is 2.96. The van der Waals surface area contributed by atoms with Gasteiger partial charge in [0, 0.05) is 6.21 Å². The minimum atomic E-state index is -0.765. The molecule has 0 amide bonds. The molecule has 2 aromatic carbocycles. The summed E-state index contributed by atoms with van der Waals surface area (Å²) in [6, 6.07) is 18.0. The van der Waals surface area contributed by atoms with Crippen molar-refractivity contribution in [1.29, 1.82) is 0 Å². The van der Waals surface area contributed by atoms with Crippen LogP contribution >= 0.6 is 0 Å². The lowest BCUT2D eigenvalue weighted by Gasteiger charge is -2.10. The molecule has 1 radical (unpaired) electrons. The third kappa shape index (κ3) is 3.57. The van der Waals surface area contributed by atoms with Crippen molar-refractivity contribution in [2.45, 2.75) is 13.1 Å². The molecule has 2 rings (SSSR count). The van der Waals surface area contributed by atoms with Crippen molar-refractivity contribution in [2.75, 3.05) is 0 Å². The van der Waals surface area contributed by atoms with Gasteiger partial charge < -0.3 is 4.43 Å². The lowest BCUT2D eigenvalue weighted by atomic mass is 10.2. The van der Waals surface area contributed by atoms with E-state index in [9.17, 15) is 0 Å². The van der Waals surface area contributed by atoms with E-state index in [0.717, 1.165) is 17.0 Å². The maximum Gasteiger partial charge on any atom is 0.274 e. The van der Waals surface area contributed by atoms with Crippen molar-refractivity contribution in [3.8, 4) is 5.75 Å². The first-order chi connectivity index (χ1) is 8.75. The van der Waals surface area contributed by atoms with Crippen molar-refractivity contribution in [1.82, 2.24) is 0 Å². The number of nitrogens with zero attached hydrogens (tertiary/aromatic N) is 1. The standard InChI is InChI=1S/C15H16NOSi/c1-18(2)17-15-11-7-6-10-14(15)16-12-13-8-4-3-5-9-13/h3-12H,1-2H3. The van der Waals surface area contributed by atoms with E-state index in [1.807, 2.05) is 60.8 Å². The van der Waals surface area contributed by atoms with E-state index in [1.54, 1.807) is 0 Å². The van der Waals surface area contributed by atoms with Crippen LogP contribution in [0.25, 0.3) is 0 Å². The van der Waals surface area contributed by atoms with E-state index in [4.69, 9.17) is 4.43 Å². The summed E-state index contributed by atoms with van der Waals surface area (Å²) in [5, 5.41) is 0. The van der Waals surface area contributed by atoms with Crippen molar-refractivity contribution >= 4 is 20.9 Å². The molecule has 2 nitrogen and oxygen atoms in total. The molecular formula is C15H16NOSi. The van der Waals surface area contributed by atoms with Gasteiger partial charge in [-0.15, -0.1) is 0 Å². The second-order valence-electron chi connectivity index (χ2n) is 4.15. The first-order valence-corrected chi connectivity index (χ1v) is 8.33. The van der Waals surface area contributed by atoms with Crippen molar-refractivity contribution < 1.29 is 4.43 Å². The highest BCUT2D eigenvalue weighted by molar-refractivity contribution is 6.49. The van der Waals surface area contributed by atoms with Crippen molar-refractivity contribution in [3.63, 3.8) is 0 Å². The predicted octanol–water partition coefficient (Wildman–Crippen LogP) is 4.07. The molecule has 0 aromatic heterocycles. The Hall–Kier alpha value is -1.87. The first-order valence-electron chi connectivity index (χ1n) is 5.92. The lowest BCUT2D eigenvalue weighted by Crippen LogP contribution is -2.11. The van der Waals surface area contributed by atoms with Crippen molar-refractivity contribution in [3.05, 3.63) is 60.2 Å². The van der Waals surface area contributed by atoms with E-state index in [-0.39, 0.29) is 0 Å². The Bertz CT molecular complexity index is 523. The average molecular weight is 254 g/mol. The average Bonchev–Trinajstić information content (AvgIpc) is 2.38. The van der Waals surface area contributed by atoms with E-state index in [1.165, 1.54) is 0 Å². The number of hydrogen-bond acceptors (Lipinski definition) is 2. The molecule has 0 unspecified atom stereocenters. The second kappa shape index (κ2) is 6.17. The highest BCUT2D eigenvalue weighted by Gasteiger charge is 2.04. The molecule has 0 aliphatic heterocycles. The van der Waals surface area contributed by atoms with Crippen LogP contribution in [0.1, 0.15) is 5.56 Å². The van der Waals surface area contributed by atoms with Gasteiger partial charge in [0.05, 0.1) is 0 Å². The predicted molar refractivity (Wildman–Crippen MR) is 78.2 cm³/mol. The summed E-state index contributed by atoms with van der Waals surface area (Å²) in [4.78, 5) is 4.50. The van der Waals surface area contributed by atoms with Gasteiger partial charge in [-0.05, 0) is 30.8 Å². The second-order valence-corrected chi connectivity index (χ2v) is 6.17. The van der Waals surface area contributed by atoms with Gasteiger partial charge in [-0.25, -0.2) is 0 Å². The fraction of sp³-hybridized carbons (Fsp3) is 0.133. The molecule has 0 spiro atoms. The molecule has 0 saturated carbocycles. The lowest BCUT2D eigenvalue weighted by molar-refractivity contribution is 0.582. The quantitative estimate of drug-likeness (QED) is 0.595. The largest absolute Gasteiger partial charge is 0.541 e. The number of aliphatic imine (C=N–C) groups is 1. The minimum Gasteiger partial charge on any atom is -0.541 e. The van der Waals surface area contributed by atoms with Crippen LogP contribution in [0, 0.1) is 0 Å². The number of para-hydroxylation sites is 2. The van der Waals surface area contributed by atoms with E-state index >= 15 is 0 Å². The maximum atomic E-state index is 5.82. The summed E-state index contributed by atoms with van der Waals surface area (Å²) in [7, 11) is -0.765. The van der Waals surface area contributed by atoms with Crippen LogP contribution in [-0.4, -0.2) is 15.3 Å². The molecule has 2 aromatic rings. The summed E-state index contributed by atoms with van der Waals surface area (Å²) >= 11 is 0. The van der Waals surface area contributed by atoms with E-state index < -0.39 is 9.04 Å². The molecular weight excluding hydrogens is 238 g/mol. The molecule has 0 N–H and O–H groups in total. The Kier molecular flexibility index (Phi) is 4.31. The summed E-state index contributed by atoms with van der Waals surface area (Å²) in [5.74, 6) is 0.864. The Morgan fingerprint density at radius 2 is 1.61 bits per heavy atom. The van der Waals surface area contributed by atoms with Crippen LogP contribution in [-0.2, 0) is 0 Å². The zero-order valence-electron chi connectivity index (χ0n) is 10.6. The Morgan fingerprint density at radius 1 is 0.944 bits per heavy atom. The number of rotatable bonds is 4. The highest BCUT2D eigenvalue weighted by atomic mass is 28.3. The molecule has 91 valence electrons. The number of hydrogen-bond donors (Lipinski definition) is 0. The molecule has 18 heavy (non-hydrogen) atoms. The van der Waals surface area contributed by atoms with Gasteiger partial charge in [-0.1, -0.05) is 42.5 Å². The van der Waals surface area contributed by atoms with Crippen LogP contribution in [0.4, 0.5) is 5.69 Å². The SMILES string of the molecule is C[Si](C)Oc1ccccc1N=Cc1ccccc1. The Morgan fingerprint density at radius 3 is 2.33 bits per heavy atom. The monoisotopic (exact) mass is 254 g/mol. The van der Waals surface area contributed by atoms with Crippen LogP contribution < -0.4 is 4.43 Å². The smallest absolute Gasteiger partial charge is 0.274 e. The molecule has 0 aliphatic rings. The molecule has 3 heteroatoms.